The lowest BCUT2D eigenvalue weighted by molar-refractivity contribution is -0.140. The maximum Gasteiger partial charge on any atom is 0.303 e. The van der Waals surface area contributed by atoms with Crippen LogP contribution in [0.4, 0.5) is 5.69 Å². The number of ether oxygens (including phenoxy) is 1. The molecule has 3 rings (SSSR count). The third kappa shape index (κ3) is 3.79. The van der Waals surface area contributed by atoms with E-state index in [0.717, 1.165) is 18.5 Å². The van der Waals surface area contributed by atoms with E-state index < -0.39 is 5.97 Å². The first-order valence-electron chi connectivity index (χ1n) is 7.86. The second-order valence-electron chi connectivity index (χ2n) is 6.24. The molecule has 1 aromatic rings. The van der Waals surface area contributed by atoms with Crippen LogP contribution >= 0.6 is 0 Å². The lowest BCUT2D eigenvalue weighted by atomic mass is 9.97. The van der Waals surface area contributed by atoms with Gasteiger partial charge in [-0.3, -0.25) is 14.6 Å². The number of nitrogens with one attached hydrogen (secondary N) is 1. The van der Waals surface area contributed by atoms with Crippen molar-refractivity contribution < 1.29 is 19.4 Å². The first-order chi connectivity index (χ1) is 11.1. The number of carboxylic acids is 1. The van der Waals surface area contributed by atoms with E-state index in [1.807, 2.05) is 12.1 Å². The Kier molecular flexibility index (Phi) is 4.47. The van der Waals surface area contributed by atoms with Crippen molar-refractivity contribution in [2.24, 2.45) is 0 Å². The fourth-order valence-electron chi connectivity index (χ4n) is 3.33. The zero-order valence-corrected chi connectivity index (χ0v) is 12.9. The lowest BCUT2D eigenvalue weighted by Gasteiger charge is -2.23. The number of aliphatic carboxylic acids is 1. The van der Waals surface area contributed by atoms with Crippen LogP contribution in [0.1, 0.15) is 25.7 Å². The van der Waals surface area contributed by atoms with Crippen LogP contribution < -0.4 is 5.32 Å². The standard InChI is InChI=1S/C16H21N3O4/c20-14(3-4-15(21)22)19-7-5-16(11-19)8-13(10-23-16)18-12-2-1-6-17-9-12/h1-2,6,9,13,18H,3-5,7-8,10-11H2,(H,21,22)/t13-,16+/m1/s1. The van der Waals surface area contributed by atoms with Gasteiger partial charge in [-0.1, -0.05) is 0 Å². The predicted molar refractivity (Wildman–Crippen MR) is 83.0 cm³/mol. The molecule has 7 heteroatoms. The number of rotatable bonds is 5. The Morgan fingerprint density at radius 2 is 2.35 bits per heavy atom. The van der Waals surface area contributed by atoms with Gasteiger partial charge < -0.3 is 20.1 Å². The number of hydrogen-bond donors (Lipinski definition) is 2. The number of pyridine rings is 1. The minimum Gasteiger partial charge on any atom is -0.481 e. The van der Waals surface area contributed by atoms with Gasteiger partial charge in [0, 0.05) is 38.3 Å². The molecule has 2 N–H and O–H groups in total. The van der Waals surface area contributed by atoms with E-state index in [1.165, 1.54) is 0 Å². The Bertz CT molecular complexity index is 580. The molecule has 0 radical (unpaired) electrons. The molecule has 0 aromatic carbocycles. The monoisotopic (exact) mass is 319 g/mol. The maximum atomic E-state index is 12.0. The molecule has 2 saturated heterocycles. The largest absolute Gasteiger partial charge is 0.481 e. The van der Waals surface area contributed by atoms with Gasteiger partial charge >= 0.3 is 5.97 Å². The highest BCUT2D eigenvalue weighted by atomic mass is 16.5. The highest BCUT2D eigenvalue weighted by molar-refractivity contribution is 5.81. The van der Waals surface area contributed by atoms with Gasteiger partial charge in [-0.2, -0.15) is 0 Å². The first kappa shape index (κ1) is 15.7. The first-order valence-corrected chi connectivity index (χ1v) is 7.86. The maximum absolute atomic E-state index is 12.0. The summed E-state index contributed by atoms with van der Waals surface area (Å²) in [7, 11) is 0. The van der Waals surface area contributed by atoms with Crippen LogP contribution in [-0.4, -0.2) is 58.2 Å². The lowest BCUT2D eigenvalue weighted by Crippen LogP contribution is -2.36. The number of hydrogen-bond acceptors (Lipinski definition) is 5. The molecule has 1 aromatic heterocycles. The number of nitrogens with zero attached hydrogens (tertiary/aromatic N) is 2. The molecule has 2 aliphatic heterocycles. The predicted octanol–water partition coefficient (Wildman–Crippen LogP) is 1.12. The Hall–Kier alpha value is -2.15. The van der Waals surface area contributed by atoms with E-state index in [2.05, 4.69) is 10.3 Å². The number of carbonyl (C=O) groups is 2. The fourth-order valence-corrected chi connectivity index (χ4v) is 3.33. The van der Waals surface area contributed by atoms with Crippen molar-refractivity contribution in [3.05, 3.63) is 24.5 Å². The molecule has 1 spiro atoms. The number of likely N-dealkylation sites (tertiary alicyclic amines) is 1. The minimum absolute atomic E-state index is 0.0583. The van der Waals surface area contributed by atoms with Crippen molar-refractivity contribution in [1.82, 2.24) is 9.88 Å². The second kappa shape index (κ2) is 6.54. The highest BCUT2D eigenvalue weighted by Gasteiger charge is 2.46. The zero-order valence-electron chi connectivity index (χ0n) is 12.9. The SMILES string of the molecule is O=C(O)CCC(=O)N1CC[C@]2(C[C@@H](Nc3cccnc3)CO2)C1. The molecule has 124 valence electrons. The van der Waals surface area contributed by atoms with Gasteiger partial charge in [-0.15, -0.1) is 0 Å². The Balaban J connectivity index is 1.52. The summed E-state index contributed by atoms with van der Waals surface area (Å²) in [6, 6.07) is 4.05. The molecule has 7 nitrogen and oxygen atoms in total. The van der Waals surface area contributed by atoms with Crippen LogP contribution in [0.5, 0.6) is 0 Å². The topological polar surface area (TPSA) is 91.8 Å². The molecular weight excluding hydrogens is 298 g/mol. The van der Waals surface area contributed by atoms with Crippen molar-refractivity contribution >= 4 is 17.6 Å². The molecule has 0 unspecified atom stereocenters. The number of aromatic nitrogens is 1. The van der Waals surface area contributed by atoms with E-state index in [1.54, 1.807) is 17.3 Å². The normalized spacial score (nSPS) is 26.6. The van der Waals surface area contributed by atoms with Crippen LogP contribution in [0.3, 0.4) is 0 Å². The Morgan fingerprint density at radius 1 is 1.48 bits per heavy atom. The van der Waals surface area contributed by atoms with Gasteiger partial charge in [0.1, 0.15) is 0 Å². The van der Waals surface area contributed by atoms with E-state index in [-0.39, 0.29) is 30.4 Å². The highest BCUT2D eigenvalue weighted by Crippen LogP contribution is 2.36. The molecule has 0 saturated carbocycles. The van der Waals surface area contributed by atoms with Gasteiger partial charge in [-0.05, 0) is 18.6 Å². The summed E-state index contributed by atoms with van der Waals surface area (Å²) in [5.41, 5.74) is 0.671. The molecular formula is C16H21N3O4. The van der Waals surface area contributed by atoms with Crippen molar-refractivity contribution in [1.29, 1.82) is 0 Å². The smallest absolute Gasteiger partial charge is 0.303 e. The summed E-state index contributed by atoms with van der Waals surface area (Å²) in [5.74, 6) is -1.04. The van der Waals surface area contributed by atoms with Gasteiger partial charge in [0.25, 0.3) is 0 Å². The van der Waals surface area contributed by atoms with Crippen LogP contribution in [0.15, 0.2) is 24.5 Å². The van der Waals surface area contributed by atoms with Crippen molar-refractivity contribution in [2.45, 2.75) is 37.3 Å². The summed E-state index contributed by atoms with van der Waals surface area (Å²) in [6.45, 7) is 1.79. The van der Waals surface area contributed by atoms with E-state index in [0.29, 0.717) is 19.7 Å². The summed E-state index contributed by atoms with van der Waals surface area (Å²) < 4.78 is 6.00. The van der Waals surface area contributed by atoms with E-state index >= 15 is 0 Å². The molecule has 2 aliphatic rings. The number of carboxylic acid groups (broad SMARTS) is 1. The summed E-state index contributed by atoms with van der Waals surface area (Å²) in [6.07, 6.45) is 5.09. The van der Waals surface area contributed by atoms with Crippen LogP contribution in [0, 0.1) is 0 Å². The van der Waals surface area contributed by atoms with E-state index in [4.69, 9.17) is 9.84 Å². The molecule has 2 fully saturated rings. The van der Waals surface area contributed by atoms with Crippen molar-refractivity contribution in [2.75, 3.05) is 25.0 Å². The van der Waals surface area contributed by atoms with Crippen LogP contribution in [0.2, 0.25) is 0 Å². The van der Waals surface area contributed by atoms with Gasteiger partial charge in [0.2, 0.25) is 5.91 Å². The van der Waals surface area contributed by atoms with Gasteiger partial charge in [-0.25, -0.2) is 0 Å². The third-order valence-electron chi connectivity index (χ3n) is 4.46. The van der Waals surface area contributed by atoms with Gasteiger partial charge in [0.05, 0.1) is 30.4 Å². The van der Waals surface area contributed by atoms with Crippen molar-refractivity contribution in [3.63, 3.8) is 0 Å². The molecule has 23 heavy (non-hydrogen) atoms. The summed E-state index contributed by atoms with van der Waals surface area (Å²) in [4.78, 5) is 28.4. The number of amides is 1. The van der Waals surface area contributed by atoms with E-state index in [9.17, 15) is 9.59 Å². The van der Waals surface area contributed by atoms with Crippen LogP contribution in [0.25, 0.3) is 0 Å². The van der Waals surface area contributed by atoms with Crippen molar-refractivity contribution in [3.8, 4) is 0 Å². The molecule has 1 amide bonds. The fraction of sp³-hybridized carbons (Fsp3) is 0.562. The minimum atomic E-state index is -0.940. The molecule has 0 bridgehead atoms. The summed E-state index contributed by atoms with van der Waals surface area (Å²) in [5, 5.41) is 12.1. The number of anilines is 1. The quantitative estimate of drug-likeness (QED) is 0.845. The Labute approximate surface area is 134 Å². The van der Waals surface area contributed by atoms with Gasteiger partial charge in [0.15, 0.2) is 0 Å². The number of carbonyl (C=O) groups excluding carboxylic acids is 1. The molecule has 0 aliphatic carbocycles. The molecule has 2 atom stereocenters. The Morgan fingerprint density at radius 3 is 3.09 bits per heavy atom. The molecule has 3 heterocycles. The zero-order chi connectivity index (χ0) is 16.3. The average molecular weight is 319 g/mol. The van der Waals surface area contributed by atoms with Crippen LogP contribution in [-0.2, 0) is 14.3 Å². The average Bonchev–Trinajstić information content (AvgIpc) is 3.13. The third-order valence-corrected chi connectivity index (χ3v) is 4.46. The summed E-state index contributed by atoms with van der Waals surface area (Å²) >= 11 is 0. The second-order valence-corrected chi connectivity index (χ2v) is 6.24.